The standard InChI is InChI=1S/C11H15BO2P/c15-12-10-2-1-3-11(6-10)14-8-9-4-5-13-7-9/h1-3,6,9H,4-5,7-8,15H2. The van der Waals surface area contributed by atoms with E-state index in [-0.39, 0.29) is 0 Å². The minimum Gasteiger partial charge on any atom is -0.493 e. The van der Waals surface area contributed by atoms with Gasteiger partial charge in [-0.05, 0) is 18.6 Å². The molecule has 79 valence electrons. The van der Waals surface area contributed by atoms with Gasteiger partial charge in [0.15, 0.2) is 7.00 Å². The van der Waals surface area contributed by atoms with E-state index in [0.717, 1.165) is 32.0 Å². The van der Waals surface area contributed by atoms with Crippen LogP contribution in [0.1, 0.15) is 6.42 Å². The van der Waals surface area contributed by atoms with Crippen molar-refractivity contribution >= 4 is 21.6 Å². The zero-order chi connectivity index (χ0) is 10.5. The van der Waals surface area contributed by atoms with Crippen LogP contribution in [0, 0.1) is 5.92 Å². The molecule has 1 aromatic carbocycles. The third-order valence-electron chi connectivity index (χ3n) is 2.56. The predicted molar refractivity (Wildman–Crippen MR) is 66.0 cm³/mol. The van der Waals surface area contributed by atoms with Gasteiger partial charge in [0.1, 0.15) is 5.75 Å². The Balaban J connectivity index is 1.86. The summed E-state index contributed by atoms with van der Waals surface area (Å²) in [6.45, 7) is 4.48. The van der Waals surface area contributed by atoms with E-state index in [2.05, 4.69) is 15.2 Å². The Hall–Kier alpha value is -0.525. The van der Waals surface area contributed by atoms with Gasteiger partial charge in [0.05, 0.1) is 13.2 Å². The molecule has 4 heteroatoms. The molecule has 1 aromatic rings. The molecule has 1 radical (unpaired) electrons. The van der Waals surface area contributed by atoms with Gasteiger partial charge in [0.25, 0.3) is 0 Å². The zero-order valence-corrected chi connectivity index (χ0v) is 9.84. The van der Waals surface area contributed by atoms with Crippen molar-refractivity contribution in [2.45, 2.75) is 6.42 Å². The number of hydrogen-bond acceptors (Lipinski definition) is 2. The van der Waals surface area contributed by atoms with Gasteiger partial charge in [-0.2, -0.15) is 9.12 Å². The number of benzene rings is 1. The van der Waals surface area contributed by atoms with Crippen molar-refractivity contribution in [3.8, 4) is 5.75 Å². The first-order valence-corrected chi connectivity index (χ1v) is 5.90. The molecule has 1 heterocycles. The fourth-order valence-electron chi connectivity index (χ4n) is 1.64. The predicted octanol–water partition coefficient (Wildman–Crippen LogP) is 1.22. The summed E-state index contributed by atoms with van der Waals surface area (Å²) in [6.07, 6.45) is 1.12. The molecule has 2 atom stereocenters. The van der Waals surface area contributed by atoms with Gasteiger partial charge in [-0.3, -0.25) is 0 Å². The van der Waals surface area contributed by atoms with Crippen LogP contribution in [0.4, 0.5) is 0 Å². The molecule has 1 aliphatic rings. The first-order valence-electron chi connectivity index (χ1n) is 5.24. The molecule has 0 amide bonds. The fourth-order valence-corrected chi connectivity index (χ4v) is 1.84. The van der Waals surface area contributed by atoms with Crippen molar-refractivity contribution in [3.63, 3.8) is 0 Å². The lowest BCUT2D eigenvalue weighted by Crippen LogP contribution is -2.13. The average Bonchev–Trinajstić information content (AvgIpc) is 2.79. The smallest absolute Gasteiger partial charge is 0.178 e. The molecule has 0 saturated carbocycles. The summed E-state index contributed by atoms with van der Waals surface area (Å²) < 4.78 is 11.0. The van der Waals surface area contributed by atoms with Gasteiger partial charge >= 0.3 is 0 Å². The van der Waals surface area contributed by atoms with E-state index >= 15 is 0 Å². The average molecular weight is 221 g/mol. The fraction of sp³-hybridized carbons (Fsp3) is 0.455. The first kappa shape index (κ1) is 11.0. The van der Waals surface area contributed by atoms with E-state index in [1.807, 2.05) is 25.2 Å². The lowest BCUT2D eigenvalue weighted by molar-refractivity contribution is 0.167. The third-order valence-corrected chi connectivity index (χ3v) is 2.95. The topological polar surface area (TPSA) is 18.5 Å². The zero-order valence-electron chi connectivity index (χ0n) is 8.69. The van der Waals surface area contributed by atoms with Gasteiger partial charge < -0.3 is 9.47 Å². The maximum atomic E-state index is 5.72. The van der Waals surface area contributed by atoms with Crippen LogP contribution in [0.25, 0.3) is 0 Å². The van der Waals surface area contributed by atoms with E-state index < -0.39 is 0 Å². The second kappa shape index (κ2) is 5.53. The summed E-state index contributed by atoms with van der Waals surface area (Å²) in [6, 6.07) is 8.10. The lowest BCUT2D eigenvalue weighted by Gasteiger charge is -2.10. The normalized spacial score (nSPS) is 20.2. The van der Waals surface area contributed by atoms with Crippen molar-refractivity contribution in [1.82, 2.24) is 0 Å². The van der Waals surface area contributed by atoms with Crippen molar-refractivity contribution in [3.05, 3.63) is 24.3 Å². The van der Waals surface area contributed by atoms with Gasteiger partial charge in [-0.1, -0.05) is 17.6 Å². The molecular weight excluding hydrogens is 206 g/mol. The molecule has 2 rings (SSSR count). The van der Waals surface area contributed by atoms with Crippen LogP contribution in [0.3, 0.4) is 0 Å². The Morgan fingerprint density at radius 3 is 3.20 bits per heavy atom. The maximum absolute atomic E-state index is 5.72. The van der Waals surface area contributed by atoms with Crippen LogP contribution >= 0.6 is 9.12 Å². The second-order valence-corrected chi connectivity index (χ2v) is 4.11. The minimum absolute atomic E-state index is 0.564. The van der Waals surface area contributed by atoms with Crippen LogP contribution in [0.5, 0.6) is 5.75 Å². The van der Waals surface area contributed by atoms with E-state index in [0.29, 0.717) is 5.92 Å². The highest BCUT2D eigenvalue weighted by molar-refractivity contribution is 7.58. The van der Waals surface area contributed by atoms with Crippen LogP contribution in [0.15, 0.2) is 24.3 Å². The number of hydrogen-bond donors (Lipinski definition) is 0. The van der Waals surface area contributed by atoms with Crippen molar-refractivity contribution < 1.29 is 9.47 Å². The molecule has 1 aliphatic heterocycles. The highest BCUT2D eigenvalue weighted by atomic mass is 31.0. The van der Waals surface area contributed by atoms with Gasteiger partial charge in [0, 0.05) is 12.5 Å². The molecule has 2 unspecified atom stereocenters. The SMILES string of the molecule is P[B]c1cccc(OCC2CCOC2)c1. The molecule has 0 spiro atoms. The summed E-state index contributed by atoms with van der Waals surface area (Å²) in [7, 11) is 2.60. The monoisotopic (exact) mass is 221 g/mol. The highest BCUT2D eigenvalue weighted by Gasteiger charge is 2.15. The maximum Gasteiger partial charge on any atom is 0.178 e. The molecule has 15 heavy (non-hydrogen) atoms. The van der Waals surface area contributed by atoms with Crippen LogP contribution < -0.4 is 10.2 Å². The second-order valence-electron chi connectivity index (χ2n) is 3.78. The molecule has 1 fully saturated rings. The van der Waals surface area contributed by atoms with Crippen LogP contribution in [0.2, 0.25) is 0 Å². The summed E-state index contributed by atoms with van der Waals surface area (Å²) in [4.78, 5) is 0. The van der Waals surface area contributed by atoms with Crippen molar-refractivity contribution in [2.75, 3.05) is 19.8 Å². The Morgan fingerprint density at radius 2 is 2.47 bits per heavy atom. The minimum atomic E-state index is 0.564. The Kier molecular flexibility index (Phi) is 4.05. The number of ether oxygens (including phenoxy) is 2. The van der Waals surface area contributed by atoms with Crippen molar-refractivity contribution in [2.24, 2.45) is 5.92 Å². The van der Waals surface area contributed by atoms with E-state index in [1.54, 1.807) is 0 Å². The third kappa shape index (κ3) is 3.22. The van der Waals surface area contributed by atoms with Gasteiger partial charge in [-0.15, -0.1) is 0 Å². The summed E-state index contributed by atoms with van der Waals surface area (Å²) in [5, 5.41) is 0. The molecular formula is C11H15BO2P. The van der Waals surface area contributed by atoms with E-state index in [9.17, 15) is 0 Å². The summed E-state index contributed by atoms with van der Waals surface area (Å²) in [5.74, 6) is 1.51. The van der Waals surface area contributed by atoms with E-state index in [1.165, 1.54) is 5.46 Å². The largest absolute Gasteiger partial charge is 0.493 e. The Labute approximate surface area is 93.8 Å². The quantitative estimate of drug-likeness (QED) is 0.562. The van der Waals surface area contributed by atoms with Gasteiger partial charge in [-0.25, -0.2) is 0 Å². The Bertz CT molecular complexity index is 313. The molecule has 0 aliphatic carbocycles. The molecule has 1 saturated heterocycles. The summed E-state index contributed by atoms with van der Waals surface area (Å²) >= 11 is 0. The van der Waals surface area contributed by atoms with Crippen LogP contribution in [-0.4, -0.2) is 26.8 Å². The van der Waals surface area contributed by atoms with E-state index in [4.69, 9.17) is 9.47 Å². The molecule has 0 N–H and O–H groups in total. The molecule has 0 bridgehead atoms. The van der Waals surface area contributed by atoms with Crippen molar-refractivity contribution in [1.29, 1.82) is 0 Å². The highest BCUT2D eigenvalue weighted by Crippen LogP contribution is 2.15. The number of rotatable bonds is 4. The van der Waals surface area contributed by atoms with Gasteiger partial charge in [0.2, 0.25) is 0 Å². The first-order chi connectivity index (χ1) is 7.38. The molecule has 0 aromatic heterocycles. The Morgan fingerprint density at radius 1 is 1.53 bits per heavy atom. The molecule has 2 nitrogen and oxygen atoms in total. The summed E-state index contributed by atoms with van der Waals surface area (Å²) in [5.41, 5.74) is 1.17. The van der Waals surface area contributed by atoms with Crippen LogP contribution in [-0.2, 0) is 4.74 Å². The lowest BCUT2D eigenvalue weighted by atomic mass is 9.94.